The number of nitro groups is 1. The second kappa shape index (κ2) is 4.23. The number of aromatic hydroxyl groups is 1. The minimum atomic E-state index is -5.11. The van der Waals surface area contributed by atoms with Crippen molar-refractivity contribution in [3.63, 3.8) is 0 Å². The Balaban J connectivity index is 3.28. The zero-order valence-electron chi connectivity index (χ0n) is 7.76. The molecule has 1 aromatic rings. The first kappa shape index (κ1) is 12.7. The highest BCUT2D eigenvalue weighted by molar-refractivity contribution is 5.77. The Morgan fingerprint density at radius 2 is 2.12 bits per heavy atom. The molecule has 0 bridgehead atoms. The van der Waals surface area contributed by atoms with Crippen LogP contribution in [0.3, 0.4) is 0 Å². The van der Waals surface area contributed by atoms with Crippen molar-refractivity contribution in [2.45, 2.75) is 6.36 Å². The quantitative estimate of drug-likeness (QED) is 0.495. The largest absolute Gasteiger partial charge is 0.573 e. The highest BCUT2D eigenvalue weighted by Gasteiger charge is 2.35. The van der Waals surface area contributed by atoms with E-state index in [0.717, 1.165) is 0 Å². The average Bonchev–Trinajstić information content (AvgIpc) is 2.14. The van der Waals surface area contributed by atoms with E-state index >= 15 is 0 Å². The van der Waals surface area contributed by atoms with Gasteiger partial charge in [-0.15, -0.1) is 13.2 Å². The number of halogens is 3. The van der Waals surface area contributed by atoms with Gasteiger partial charge in [0.05, 0.1) is 0 Å². The normalized spacial score (nSPS) is 11.0. The monoisotopic (exact) mass is 252 g/mol. The van der Waals surface area contributed by atoms with E-state index in [1.54, 1.807) is 0 Å². The van der Waals surface area contributed by atoms with Crippen molar-refractivity contribution in [2.75, 3.05) is 0 Å². The van der Waals surface area contributed by atoms with E-state index in [-0.39, 0.29) is 6.29 Å². The van der Waals surface area contributed by atoms with Crippen molar-refractivity contribution in [3.8, 4) is 11.5 Å². The number of hydrogen-bond acceptors (Lipinski definition) is 6. The van der Waals surface area contributed by atoms with Gasteiger partial charge in [0, 0.05) is 6.07 Å². The third kappa shape index (κ3) is 3.03. The summed E-state index contributed by atoms with van der Waals surface area (Å²) in [6.07, 6.45) is -5.27. The number of nitrogens with zero attached hydrogens (tertiary/aromatic N) is 2. The fraction of sp³-hybridized carbons (Fsp3) is 0.143. The van der Waals surface area contributed by atoms with Gasteiger partial charge in [0.25, 0.3) is 5.69 Å². The third-order valence-corrected chi connectivity index (χ3v) is 1.49. The second-order valence-corrected chi connectivity index (χ2v) is 2.64. The number of rotatable bonds is 3. The number of aromatic nitrogens is 1. The molecular formula is C7H3F3N2O5. The number of aldehydes is 1. The molecule has 0 saturated heterocycles. The minimum Gasteiger partial charge on any atom is -0.501 e. The van der Waals surface area contributed by atoms with Crippen LogP contribution in [0.5, 0.6) is 11.5 Å². The van der Waals surface area contributed by atoms with E-state index in [1.807, 2.05) is 0 Å². The molecule has 0 aromatic carbocycles. The Bertz CT molecular complexity index is 473. The molecule has 0 spiro atoms. The minimum absolute atomic E-state index is 0.159. The highest BCUT2D eigenvalue weighted by atomic mass is 19.4. The summed E-state index contributed by atoms with van der Waals surface area (Å²) in [6, 6.07) is 0.294. The van der Waals surface area contributed by atoms with Crippen LogP contribution in [0.1, 0.15) is 10.5 Å². The van der Waals surface area contributed by atoms with Crippen LogP contribution in [-0.2, 0) is 0 Å². The van der Waals surface area contributed by atoms with Gasteiger partial charge in [-0.2, -0.15) is 0 Å². The summed E-state index contributed by atoms with van der Waals surface area (Å²) in [6.45, 7) is 0. The van der Waals surface area contributed by atoms with Crippen molar-refractivity contribution in [1.29, 1.82) is 0 Å². The van der Waals surface area contributed by atoms with Crippen LogP contribution in [0.2, 0.25) is 0 Å². The number of carbonyl (C=O) groups is 1. The molecule has 0 fully saturated rings. The fourth-order valence-electron chi connectivity index (χ4n) is 0.914. The number of pyridine rings is 1. The Labute approximate surface area is 90.6 Å². The molecule has 0 aliphatic rings. The second-order valence-electron chi connectivity index (χ2n) is 2.64. The Hall–Kier alpha value is -2.39. The lowest BCUT2D eigenvalue weighted by atomic mass is 10.3. The van der Waals surface area contributed by atoms with Crippen LogP contribution in [0.15, 0.2) is 6.07 Å². The van der Waals surface area contributed by atoms with Crippen molar-refractivity contribution < 1.29 is 32.7 Å². The number of alkyl halides is 3. The van der Waals surface area contributed by atoms with Gasteiger partial charge < -0.3 is 20.0 Å². The molecule has 7 nitrogen and oxygen atoms in total. The van der Waals surface area contributed by atoms with Gasteiger partial charge in [-0.25, -0.2) is 0 Å². The first-order valence-corrected chi connectivity index (χ1v) is 3.84. The van der Waals surface area contributed by atoms with E-state index in [2.05, 4.69) is 9.72 Å². The van der Waals surface area contributed by atoms with Crippen molar-refractivity contribution in [3.05, 3.63) is 21.9 Å². The van der Waals surface area contributed by atoms with E-state index in [4.69, 9.17) is 5.11 Å². The van der Waals surface area contributed by atoms with Gasteiger partial charge in [0.1, 0.15) is 0 Å². The summed E-state index contributed by atoms with van der Waals surface area (Å²) < 4.78 is 39.0. The van der Waals surface area contributed by atoms with Crippen molar-refractivity contribution in [1.82, 2.24) is 4.98 Å². The van der Waals surface area contributed by atoms with Crippen LogP contribution in [0.25, 0.3) is 0 Å². The van der Waals surface area contributed by atoms with Crippen LogP contribution in [0, 0.1) is 10.1 Å². The molecular weight excluding hydrogens is 249 g/mol. The molecule has 1 N–H and O–H groups in total. The first-order chi connectivity index (χ1) is 7.74. The predicted molar refractivity (Wildman–Crippen MR) is 44.6 cm³/mol. The predicted octanol–water partition coefficient (Wildman–Crippen LogP) is 1.41. The molecule has 0 unspecified atom stereocenters. The van der Waals surface area contributed by atoms with Crippen LogP contribution >= 0.6 is 0 Å². The third-order valence-electron chi connectivity index (χ3n) is 1.49. The van der Waals surface area contributed by atoms with E-state index < -0.39 is 34.3 Å². The van der Waals surface area contributed by atoms with E-state index in [1.165, 1.54) is 0 Å². The maximum absolute atomic E-state index is 11.9. The number of carbonyl (C=O) groups excluding carboxylic acids is 1. The summed E-state index contributed by atoms with van der Waals surface area (Å²) in [4.78, 5) is 22.5. The molecule has 0 amide bonds. The lowest BCUT2D eigenvalue weighted by Crippen LogP contribution is -2.18. The molecule has 1 aromatic heterocycles. The zero-order valence-corrected chi connectivity index (χ0v) is 7.76. The van der Waals surface area contributed by atoms with Crippen LogP contribution < -0.4 is 4.74 Å². The number of hydrogen-bond donors (Lipinski definition) is 1. The molecule has 0 aliphatic carbocycles. The molecule has 1 rings (SSSR count). The Morgan fingerprint density at radius 1 is 1.53 bits per heavy atom. The molecule has 0 atom stereocenters. The maximum Gasteiger partial charge on any atom is 0.573 e. The summed E-state index contributed by atoms with van der Waals surface area (Å²) >= 11 is 0. The standard InChI is InChI=1S/C7H3F3N2O5/c8-7(9,10)17-5-1-4(14)6(12(15)16)11-3(5)2-13/h1-2,14H. The molecule has 0 aliphatic heterocycles. The van der Waals surface area contributed by atoms with Gasteiger partial charge in [0.15, 0.2) is 12.0 Å². The Morgan fingerprint density at radius 3 is 2.53 bits per heavy atom. The highest BCUT2D eigenvalue weighted by Crippen LogP contribution is 2.32. The van der Waals surface area contributed by atoms with Gasteiger partial charge >= 0.3 is 12.2 Å². The molecule has 0 saturated carbocycles. The van der Waals surface area contributed by atoms with Gasteiger partial charge in [0.2, 0.25) is 5.75 Å². The summed E-state index contributed by atoms with van der Waals surface area (Å²) in [5.41, 5.74) is -0.938. The first-order valence-electron chi connectivity index (χ1n) is 3.84. The molecule has 10 heteroatoms. The SMILES string of the molecule is O=Cc1nc([N+](=O)[O-])c(O)cc1OC(F)(F)F. The van der Waals surface area contributed by atoms with Gasteiger partial charge in [-0.05, 0) is 9.91 Å². The topological polar surface area (TPSA) is 103 Å². The summed E-state index contributed by atoms with van der Waals surface area (Å²) in [5.74, 6) is -3.39. The Kier molecular flexibility index (Phi) is 3.16. The van der Waals surface area contributed by atoms with Gasteiger partial charge in [-0.1, -0.05) is 0 Å². The zero-order chi connectivity index (χ0) is 13.2. The summed E-state index contributed by atoms with van der Waals surface area (Å²) in [5, 5.41) is 19.3. The smallest absolute Gasteiger partial charge is 0.501 e. The summed E-state index contributed by atoms with van der Waals surface area (Å²) in [7, 11) is 0. The fourth-order valence-corrected chi connectivity index (χ4v) is 0.914. The molecule has 0 radical (unpaired) electrons. The number of ether oxygens (including phenoxy) is 1. The van der Waals surface area contributed by atoms with Crippen LogP contribution in [0.4, 0.5) is 19.0 Å². The average molecular weight is 252 g/mol. The van der Waals surface area contributed by atoms with E-state index in [0.29, 0.717) is 6.07 Å². The lowest BCUT2D eigenvalue weighted by molar-refractivity contribution is -0.390. The van der Waals surface area contributed by atoms with E-state index in [9.17, 15) is 28.1 Å². The lowest BCUT2D eigenvalue weighted by Gasteiger charge is -2.08. The molecule has 1 heterocycles. The molecule has 92 valence electrons. The maximum atomic E-state index is 11.9. The van der Waals surface area contributed by atoms with Gasteiger partial charge in [-0.3, -0.25) is 4.79 Å². The van der Waals surface area contributed by atoms with Crippen molar-refractivity contribution >= 4 is 12.1 Å². The molecule has 17 heavy (non-hydrogen) atoms. The van der Waals surface area contributed by atoms with Crippen molar-refractivity contribution in [2.24, 2.45) is 0 Å². The van der Waals surface area contributed by atoms with Crippen LogP contribution in [-0.4, -0.2) is 27.7 Å².